The number of hydrogen-bond acceptors (Lipinski definition) is 1. The summed E-state index contributed by atoms with van der Waals surface area (Å²) in [6.07, 6.45) is 9.46. The first-order valence-electron chi connectivity index (χ1n) is 8.14. The highest BCUT2D eigenvalue weighted by Gasteiger charge is 2.15. The Labute approximate surface area is 118 Å². The summed E-state index contributed by atoms with van der Waals surface area (Å²) in [5, 5.41) is 0. The topological polar surface area (TPSA) is 3.24 Å². The zero-order valence-corrected chi connectivity index (χ0v) is 12.3. The first-order chi connectivity index (χ1) is 9.31. The van der Waals surface area contributed by atoms with Gasteiger partial charge in [-0.25, -0.2) is 0 Å². The Bertz CT molecular complexity index is 418. The number of rotatable bonds is 4. The average molecular weight is 257 g/mol. The van der Waals surface area contributed by atoms with Gasteiger partial charge in [-0.2, -0.15) is 0 Å². The summed E-state index contributed by atoms with van der Waals surface area (Å²) >= 11 is 0. The van der Waals surface area contributed by atoms with Gasteiger partial charge >= 0.3 is 0 Å². The lowest BCUT2D eigenvalue weighted by molar-refractivity contribution is 0.287. The molecule has 0 saturated carbocycles. The summed E-state index contributed by atoms with van der Waals surface area (Å²) in [7, 11) is 0. The Morgan fingerprint density at radius 2 is 1.74 bits per heavy atom. The minimum Gasteiger partial charge on any atom is -0.303 e. The van der Waals surface area contributed by atoms with E-state index < -0.39 is 0 Å². The van der Waals surface area contributed by atoms with Gasteiger partial charge in [-0.15, -0.1) is 0 Å². The fourth-order valence-electron chi connectivity index (χ4n) is 3.79. The van der Waals surface area contributed by atoms with E-state index >= 15 is 0 Å². The molecule has 19 heavy (non-hydrogen) atoms. The van der Waals surface area contributed by atoms with Crippen molar-refractivity contribution in [3.05, 3.63) is 34.9 Å². The van der Waals surface area contributed by atoms with E-state index in [9.17, 15) is 0 Å². The van der Waals surface area contributed by atoms with Gasteiger partial charge in [-0.3, -0.25) is 0 Å². The van der Waals surface area contributed by atoms with Crippen LogP contribution in [0.4, 0.5) is 0 Å². The first kappa shape index (κ1) is 13.2. The molecule has 1 nitrogen and oxygen atoms in total. The molecule has 0 spiro atoms. The summed E-state index contributed by atoms with van der Waals surface area (Å²) < 4.78 is 0. The van der Waals surface area contributed by atoms with Crippen LogP contribution in [0, 0.1) is 5.92 Å². The second-order valence-electron chi connectivity index (χ2n) is 6.63. The van der Waals surface area contributed by atoms with Gasteiger partial charge in [0.05, 0.1) is 0 Å². The second-order valence-corrected chi connectivity index (χ2v) is 6.63. The molecule has 104 valence electrons. The largest absolute Gasteiger partial charge is 0.303 e. The van der Waals surface area contributed by atoms with Crippen LogP contribution in [0.3, 0.4) is 0 Å². The van der Waals surface area contributed by atoms with Crippen molar-refractivity contribution in [1.82, 2.24) is 4.90 Å². The molecule has 3 rings (SSSR count). The monoisotopic (exact) mass is 257 g/mol. The lowest BCUT2D eigenvalue weighted by Crippen LogP contribution is -2.26. The number of aryl methyl sites for hydroxylation is 2. The van der Waals surface area contributed by atoms with Crippen LogP contribution in [0.2, 0.25) is 0 Å². The SMILES string of the molecule is CC(Cc1ccc2c(c1)CCCC2)CN1CCCC1. The fourth-order valence-corrected chi connectivity index (χ4v) is 3.79. The summed E-state index contributed by atoms with van der Waals surface area (Å²) in [5.74, 6) is 0.791. The van der Waals surface area contributed by atoms with Crippen molar-refractivity contribution >= 4 is 0 Å². The van der Waals surface area contributed by atoms with Crippen molar-refractivity contribution in [2.75, 3.05) is 19.6 Å². The Morgan fingerprint density at radius 1 is 1.00 bits per heavy atom. The van der Waals surface area contributed by atoms with E-state index in [0.29, 0.717) is 0 Å². The number of hydrogen-bond donors (Lipinski definition) is 0. The fraction of sp³-hybridized carbons (Fsp3) is 0.667. The lowest BCUT2D eigenvalue weighted by atomic mass is 9.88. The van der Waals surface area contributed by atoms with Gasteiger partial charge in [0.15, 0.2) is 0 Å². The molecule has 2 aliphatic rings. The van der Waals surface area contributed by atoms with Crippen LogP contribution in [-0.4, -0.2) is 24.5 Å². The number of likely N-dealkylation sites (tertiary alicyclic amines) is 1. The smallest absolute Gasteiger partial charge is 0.00102 e. The van der Waals surface area contributed by atoms with Crippen LogP contribution in [-0.2, 0) is 19.3 Å². The molecule has 1 heteroatoms. The van der Waals surface area contributed by atoms with E-state index in [2.05, 4.69) is 30.0 Å². The highest BCUT2D eigenvalue weighted by atomic mass is 15.1. The van der Waals surface area contributed by atoms with E-state index in [1.165, 1.54) is 64.6 Å². The third-order valence-corrected chi connectivity index (χ3v) is 4.77. The van der Waals surface area contributed by atoms with Gasteiger partial charge in [0.2, 0.25) is 0 Å². The van der Waals surface area contributed by atoms with Crippen molar-refractivity contribution in [1.29, 1.82) is 0 Å². The third-order valence-electron chi connectivity index (χ3n) is 4.77. The molecule has 1 heterocycles. The van der Waals surface area contributed by atoms with E-state index in [1.807, 2.05) is 0 Å². The van der Waals surface area contributed by atoms with Gasteiger partial charge < -0.3 is 4.90 Å². The minimum atomic E-state index is 0.791. The van der Waals surface area contributed by atoms with E-state index in [0.717, 1.165) is 5.92 Å². The maximum Gasteiger partial charge on any atom is 0.00102 e. The van der Waals surface area contributed by atoms with Gasteiger partial charge in [0, 0.05) is 6.54 Å². The average Bonchev–Trinajstić information content (AvgIpc) is 2.91. The van der Waals surface area contributed by atoms with E-state index in [4.69, 9.17) is 0 Å². The first-order valence-corrected chi connectivity index (χ1v) is 8.14. The van der Waals surface area contributed by atoms with Crippen LogP contribution < -0.4 is 0 Å². The molecule has 1 aromatic carbocycles. The molecular formula is C18H27N. The third kappa shape index (κ3) is 3.39. The highest BCUT2D eigenvalue weighted by Crippen LogP contribution is 2.23. The van der Waals surface area contributed by atoms with Crippen molar-refractivity contribution in [2.24, 2.45) is 5.92 Å². The maximum atomic E-state index is 2.64. The number of fused-ring (bicyclic) bond motifs is 1. The Balaban J connectivity index is 1.59. The molecule has 0 N–H and O–H groups in total. The molecule has 1 atom stereocenters. The van der Waals surface area contributed by atoms with Crippen molar-refractivity contribution < 1.29 is 0 Å². The molecule has 0 aromatic heterocycles. The highest BCUT2D eigenvalue weighted by molar-refractivity contribution is 5.34. The number of benzene rings is 1. The van der Waals surface area contributed by atoms with Crippen molar-refractivity contribution in [2.45, 2.75) is 51.9 Å². The van der Waals surface area contributed by atoms with Crippen molar-refractivity contribution in [3.63, 3.8) is 0 Å². The molecule has 0 amide bonds. The Kier molecular flexibility index (Phi) is 4.22. The predicted octanol–water partition coefficient (Wildman–Crippen LogP) is 3.84. The Morgan fingerprint density at radius 3 is 2.53 bits per heavy atom. The molecule has 0 radical (unpaired) electrons. The Hall–Kier alpha value is -0.820. The van der Waals surface area contributed by atoms with Crippen LogP contribution in [0.25, 0.3) is 0 Å². The number of nitrogens with zero attached hydrogens (tertiary/aromatic N) is 1. The van der Waals surface area contributed by atoms with Crippen LogP contribution >= 0.6 is 0 Å². The quantitative estimate of drug-likeness (QED) is 0.792. The van der Waals surface area contributed by atoms with Crippen LogP contribution in [0.1, 0.15) is 49.3 Å². The predicted molar refractivity (Wildman–Crippen MR) is 81.6 cm³/mol. The van der Waals surface area contributed by atoms with Gasteiger partial charge in [0.25, 0.3) is 0 Å². The molecule has 0 bridgehead atoms. The molecule has 1 aliphatic heterocycles. The normalized spacial score (nSPS) is 21.3. The summed E-state index contributed by atoms with van der Waals surface area (Å²) in [6.45, 7) is 6.36. The summed E-state index contributed by atoms with van der Waals surface area (Å²) in [5.41, 5.74) is 4.81. The van der Waals surface area contributed by atoms with Crippen LogP contribution in [0.5, 0.6) is 0 Å². The zero-order valence-electron chi connectivity index (χ0n) is 12.3. The van der Waals surface area contributed by atoms with Crippen molar-refractivity contribution in [3.8, 4) is 0 Å². The molecule has 1 fully saturated rings. The molecule has 1 unspecified atom stereocenters. The van der Waals surface area contributed by atoms with Gasteiger partial charge in [-0.1, -0.05) is 25.1 Å². The summed E-state index contributed by atoms with van der Waals surface area (Å²) in [4.78, 5) is 2.64. The zero-order chi connectivity index (χ0) is 13.1. The van der Waals surface area contributed by atoms with Crippen LogP contribution in [0.15, 0.2) is 18.2 Å². The van der Waals surface area contributed by atoms with Gasteiger partial charge in [-0.05, 0) is 80.6 Å². The van der Waals surface area contributed by atoms with Gasteiger partial charge in [0.1, 0.15) is 0 Å². The molecule has 1 aromatic rings. The minimum absolute atomic E-state index is 0.791. The molecular weight excluding hydrogens is 230 g/mol. The lowest BCUT2D eigenvalue weighted by Gasteiger charge is -2.21. The maximum absolute atomic E-state index is 2.64. The second kappa shape index (κ2) is 6.09. The standard InChI is InChI=1S/C18H27N/c1-15(14-19-10-4-5-11-19)12-16-8-9-17-6-2-3-7-18(17)13-16/h8-9,13,15H,2-7,10-12,14H2,1H3. The van der Waals surface area contributed by atoms with E-state index in [-0.39, 0.29) is 0 Å². The summed E-state index contributed by atoms with van der Waals surface area (Å²) in [6, 6.07) is 7.27. The molecule has 1 saturated heterocycles. The molecule has 1 aliphatic carbocycles. The van der Waals surface area contributed by atoms with E-state index in [1.54, 1.807) is 16.7 Å².